The molecular weight excluding hydrogens is 289 g/mol. The summed E-state index contributed by atoms with van der Waals surface area (Å²) in [5.41, 5.74) is 7.55. The predicted octanol–water partition coefficient (Wildman–Crippen LogP) is 4.94. The van der Waals surface area contributed by atoms with Gasteiger partial charge in [0.1, 0.15) is 5.82 Å². The molecule has 0 spiro atoms. The number of nitrogens with zero attached hydrogens (tertiary/aromatic N) is 2. The molecule has 3 nitrogen and oxygen atoms in total. The van der Waals surface area contributed by atoms with Gasteiger partial charge in [-0.15, -0.1) is 0 Å². The lowest BCUT2D eigenvalue weighted by Crippen LogP contribution is -2.22. The van der Waals surface area contributed by atoms with Gasteiger partial charge in [0.15, 0.2) is 0 Å². The first-order valence-electron chi connectivity index (χ1n) is 7.74. The largest absolute Gasteiger partial charge is 0.369 e. The molecule has 1 aromatic heterocycles. The molecule has 1 heterocycles. The van der Waals surface area contributed by atoms with E-state index in [4.69, 9.17) is 17.3 Å². The lowest BCUT2D eigenvalue weighted by Gasteiger charge is -2.31. The van der Waals surface area contributed by atoms with Gasteiger partial charge >= 0.3 is 0 Å². The maximum Gasteiger partial charge on any atom is 0.201 e. The van der Waals surface area contributed by atoms with E-state index in [9.17, 15) is 4.39 Å². The van der Waals surface area contributed by atoms with Crippen LogP contribution in [0.5, 0.6) is 0 Å². The summed E-state index contributed by atoms with van der Waals surface area (Å²) in [7, 11) is 0. The van der Waals surface area contributed by atoms with Gasteiger partial charge in [-0.1, -0.05) is 37.8 Å². The van der Waals surface area contributed by atoms with Crippen LogP contribution in [0, 0.1) is 11.7 Å². The first-order chi connectivity index (χ1) is 10.1. The number of aromatic nitrogens is 2. The number of nitrogens with two attached hydrogens (primary N) is 1. The fraction of sp³-hybridized carbons (Fsp3) is 0.562. The average Bonchev–Trinajstić information content (AvgIpc) is 2.78. The van der Waals surface area contributed by atoms with E-state index in [0.717, 1.165) is 11.9 Å². The molecule has 21 heavy (non-hydrogen) atoms. The van der Waals surface area contributed by atoms with Crippen LogP contribution in [0.15, 0.2) is 12.1 Å². The van der Waals surface area contributed by atoms with Crippen LogP contribution in [0.3, 0.4) is 0 Å². The minimum Gasteiger partial charge on any atom is -0.369 e. The van der Waals surface area contributed by atoms with Crippen LogP contribution in [0.4, 0.5) is 10.3 Å². The van der Waals surface area contributed by atoms with Crippen LogP contribution < -0.4 is 5.73 Å². The SMILES string of the molecule is CCC(C1CCCCC1)n1c(N)nc2cc(Cl)c(F)cc21. The van der Waals surface area contributed by atoms with Gasteiger partial charge in [0.2, 0.25) is 5.95 Å². The topological polar surface area (TPSA) is 43.8 Å². The maximum absolute atomic E-state index is 13.8. The van der Waals surface area contributed by atoms with Gasteiger partial charge < -0.3 is 10.3 Å². The van der Waals surface area contributed by atoms with Gasteiger partial charge in [-0.3, -0.25) is 0 Å². The van der Waals surface area contributed by atoms with Crippen molar-refractivity contribution in [3.8, 4) is 0 Å². The summed E-state index contributed by atoms with van der Waals surface area (Å²) in [4.78, 5) is 4.37. The lowest BCUT2D eigenvalue weighted by molar-refractivity contribution is 0.249. The molecule has 0 aliphatic heterocycles. The van der Waals surface area contributed by atoms with Crippen molar-refractivity contribution >= 4 is 28.6 Å². The lowest BCUT2D eigenvalue weighted by atomic mass is 9.82. The summed E-state index contributed by atoms with van der Waals surface area (Å²) < 4.78 is 15.9. The fourth-order valence-corrected chi connectivity index (χ4v) is 3.86. The quantitative estimate of drug-likeness (QED) is 0.872. The highest BCUT2D eigenvalue weighted by atomic mass is 35.5. The van der Waals surface area contributed by atoms with Crippen molar-refractivity contribution in [2.24, 2.45) is 5.92 Å². The van der Waals surface area contributed by atoms with Crippen molar-refractivity contribution in [2.75, 3.05) is 5.73 Å². The number of fused-ring (bicyclic) bond motifs is 1. The van der Waals surface area contributed by atoms with Crippen LogP contribution in [-0.2, 0) is 0 Å². The second-order valence-corrected chi connectivity index (χ2v) is 6.38. The van der Waals surface area contributed by atoms with E-state index in [-0.39, 0.29) is 11.1 Å². The number of hydrogen-bond donors (Lipinski definition) is 1. The van der Waals surface area contributed by atoms with Gasteiger partial charge in [0, 0.05) is 12.1 Å². The Morgan fingerprint density at radius 1 is 1.38 bits per heavy atom. The Kier molecular flexibility index (Phi) is 4.07. The molecule has 1 fully saturated rings. The van der Waals surface area contributed by atoms with Gasteiger partial charge in [-0.2, -0.15) is 0 Å². The number of hydrogen-bond acceptors (Lipinski definition) is 2. The number of nitrogen functional groups attached to an aromatic ring is 1. The molecule has 0 bridgehead atoms. The Labute approximate surface area is 129 Å². The Bertz CT molecular complexity index is 646. The zero-order valence-corrected chi connectivity index (χ0v) is 13.0. The Morgan fingerprint density at radius 2 is 2.10 bits per heavy atom. The fourth-order valence-electron chi connectivity index (χ4n) is 3.70. The summed E-state index contributed by atoms with van der Waals surface area (Å²) in [5.74, 6) is 0.648. The van der Waals surface area contributed by atoms with E-state index in [1.807, 2.05) is 4.57 Å². The van der Waals surface area contributed by atoms with Crippen LogP contribution in [0.25, 0.3) is 11.0 Å². The third kappa shape index (κ3) is 2.61. The van der Waals surface area contributed by atoms with E-state index in [1.165, 1.54) is 38.2 Å². The van der Waals surface area contributed by atoms with E-state index in [2.05, 4.69) is 11.9 Å². The summed E-state index contributed by atoms with van der Waals surface area (Å²) in [6, 6.07) is 3.31. The average molecular weight is 310 g/mol. The smallest absolute Gasteiger partial charge is 0.201 e. The van der Waals surface area contributed by atoms with Crippen molar-refractivity contribution in [1.29, 1.82) is 0 Å². The van der Waals surface area contributed by atoms with Crippen molar-refractivity contribution in [1.82, 2.24) is 9.55 Å². The minimum atomic E-state index is -0.413. The van der Waals surface area contributed by atoms with Crippen molar-refractivity contribution in [3.63, 3.8) is 0 Å². The zero-order chi connectivity index (χ0) is 15.0. The molecule has 0 saturated heterocycles. The molecule has 1 saturated carbocycles. The third-order valence-corrected chi connectivity index (χ3v) is 4.99. The van der Waals surface area contributed by atoms with Gasteiger partial charge in [0.05, 0.1) is 16.1 Å². The standard InChI is InChI=1S/C16H21ClFN3/c1-2-14(10-6-4-3-5-7-10)21-15-9-12(18)11(17)8-13(15)20-16(21)19/h8-10,14H,2-7H2,1H3,(H2,19,20). The van der Waals surface area contributed by atoms with E-state index >= 15 is 0 Å². The molecular formula is C16H21ClFN3. The number of imidazole rings is 1. The normalized spacial score (nSPS) is 18.2. The molecule has 0 amide bonds. The molecule has 1 aliphatic carbocycles. The first kappa shape index (κ1) is 14.6. The van der Waals surface area contributed by atoms with E-state index in [0.29, 0.717) is 17.4 Å². The summed E-state index contributed by atoms with van der Waals surface area (Å²) in [5, 5.41) is 0.0952. The number of halogens is 2. The summed E-state index contributed by atoms with van der Waals surface area (Å²) in [6.45, 7) is 2.16. The first-order valence-corrected chi connectivity index (χ1v) is 8.12. The minimum absolute atomic E-state index is 0.0952. The highest BCUT2D eigenvalue weighted by Crippen LogP contribution is 2.38. The van der Waals surface area contributed by atoms with Crippen LogP contribution in [0.2, 0.25) is 5.02 Å². The number of rotatable bonds is 3. The highest BCUT2D eigenvalue weighted by molar-refractivity contribution is 6.31. The maximum atomic E-state index is 13.8. The van der Waals surface area contributed by atoms with Gasteiger partial charge in [-0.25, -0.2) is 9.37 Å². The third-order valence-electron chi connectivity index (χ3n) is 4.70. The number of anilines is 1. The molecule has 3 rings (SSSR count). The molecule has 0 radical (unpaired) electrons. The molecule has 1 unspecified atom stereocenters. The second-order valence-electron chi connectivity index (χ2n) is 5.97. The Hall–Kier alpha value is -1.29. The summed E-state index contributed by atoms with van der Waals surface area (Å²) >= 11 is 5.85. The van der Waals surface area contributed by atoms with Crippen LogP contribution in [0.1, 0.15) is 51.5 Å². The van der Waals surface area contributed by atoms with E-state index in [1.54, 1.807) is 6.07 Å². The molecule has 2 N–H and O–H groups in total. The molecule has 114 valence electrons. The van der Waals surface area contributed by atoms with Crippen LogP contribution in [-0.4, -0.2) is 9.55 Å². The molecule has 1 aliphatic rings. The Balaban J connectivity index is 2.08. The predicted molar refractivity (Wildman–Crippen MR) is 85.0 cm³/mol. The number of benzene rings is 1. The monoisotopic (exact) mass is 309 g/mol. The molecule has 2 aromatic rings. The Morgan fingerprint density at radius 3 is 2.76 bits per heavy atom. The van der Waals surface area contributed by atoms with E-state index < -0.39 is 5.82 Å². The van der Waals surface area contributed by atoms with Crippen molar-refractivity contribution in [3.05, 3.63) is 23.0 Å². The molecule has 5 heteroatoms. The van der Waals surface area contributed by atoms with Crippen LogP contribution >= 0.6 is 11.6 Å². The van der Waals surface area contributed by atoms with Crippen molar-refractivity contribution in [2.45, 2.75) is 51.5 Å². The second kappa shape index (κ2) is 5.84. The molecule has 1 aromatic carbocycles. The highest BCUT2D eigenvalue weighted by Gasteiger charge is 2.27. The zero-order valence-electron chi connectivity index (χ0n) is 12.3. The van der Waals surface area contributed by atoms with Gasteiger partial charge in [-0.05, 0) is 31.2 Å². The van der Waals surface area contributed by atoms with Gasteiger partial charge in [0.25, 0.3) is 0 Å². The van der Waals surface area contributed by atoms with Crippen molar-refractivity contribution < 1.29 is 4.39 Å². The molecule has 1 atom stereocenters. The summed E-state index contributed by atoms with van der Waals surface area (Å²) in [6.07, 6.45) is 7.27.